The number of hydrogen-bond donors (Lipinski definition) is 1. The van der Waals surface area contributed by atoms with Crippen LogP contribution in [0.3, 0.4) is 0 Å². The van der Waals surface area contributed by atoms with Crippen LogP contribution in [0.25, 0.3) is 0 Å². The molecule has 16 heavy (non-hydrogen) atoms. The van der Waals surface area contributed by atoms with Crippen molar-refractivity contribution in [2.75, 3.05) is 13.6 Å². The first-order chi connectivity index (χ1) is 7.58. The monoisotopic (exact) mass is 219 g/mol. The topological polar surface area (TPSA) is 49.2 Å². The Bertz CT molecular complexity index is 409. The van der Waals surface area contributed by atoms with Gasteiger partial charge >= 0.3 is 0 Å². The van der Waals surface area contributed by atoms with Crippen LogP contribution in [0.2, 0.25) is 0 Å². The number of aryl methyl sites for hydroxylation is 2. The summed E-state index contributed by atoms with van der Waals surface area (Å²) in [4.78, 5) is 10.7. The molecule has 1 aromatic rings. The van der Waals surface area contributed by atoms with E-state index in [-0.39, 0.29) is 6.61 Å². The normalized spacial score (nSPS) is 10.5. The van der Waals surface area contributed by atoms with Gasteiger partial charge in [-0.2, -0.15) is 0 Å². The molecule has 0 saturated carbocycles. The predicted molar refractivity (Wildman–Crippen MR) is 62.6 cm³/mol. The highest BCUT2D eigenvalue weighted by atomic mass is 16.3. The van der Waals surface area contributed by atoms with E-state index in [9.17, 15) is 0 Å². The highest BCUT2D eigenvalue weighted by molar-refractivity contribution is 5.18. The predicted octanol–water partition coefficient (Wildman–Crippen LogP) is 0.651. The van der Waals surface area contributed by atoms with Gasteiger partial charge in [-0.25, -0.2) is 0 Å². The number of aromatic nitrogens is 2. The Hall–Kier alpha value is -1.44. The lowest BCUT2D eigenvalue weighted by Gasteiger charge is -2.15. The van der Waals surface area contributed by atoms with Gasteiger partial charge in [0.15, 0.2) is 0 Å². The van der Waals surface area contributed by atoms with Crippen molar-refractivity contribution in [3.05, 3.63) is 22.8 Å². The molecule has 0 bridgehead atoms. The van der Waals surface area contributed by atoms with Crippen LogP contribution in [0.1, 0.15) is 22.8 Å². The summed E-state index contributed by atoms with van der Waals surface area (Å²) >= 11 is 0. The maximum atomic E-state index is 9.06. The molecule has 0 unspecified atom stereocenters. The number of rotatable bonds is 4. The smallest absolute Gasteiger partial charge is 0.0873 e. The van der Waals surface area contributed by atoms with Crippen molar-refractivity contribution < 1.29 is 5.11 Å². The lowest BCUT2D eigenvalue weighted by Crippen LogP contribution is -2.20. The molecule has 0 amide bonds. The van der Waals surface area contributed by atoms with Crippen LogP contribution >= 0.6 is 0 Å². The first kappa shape index (κ1) is 12.6. The van der Waals surface area contributed by atoms with Crippen LogP contribution < -0.4 is 0 Å². The fourth-order valence-electron chi connectivity index (χ4n) is 1.46. The molecular formula is C12H17N3O. The molecule has 0 spiro atoms. The largest absolute Gasteiger partial charge is 0.390 e. The third kappa shape index (κ3) is 3.02. The molecule has 1 heterocycles. The first-order valence-electron chi connectivity index (χ1n) is 5.14. The van der Waals surface area contributed by atoms with Crippen LogP contribution in [0.5, 0.6) is 0 Å². The van der Waals surface area contributed by atoms with Crippen LogP contribution in [0, 0.1) is 26.2 Å². The summed E-state index contributed by atoms with van der Waals surface area (Å²) in [5, 5.41) is 9.06. The number of aliphatic hydroxyl groups is 1. The second kappa shape index (κ2) is 5.59. The van der Waals surface area contributed by atoms with E-state index in [0.717, 1.165) is 17.1 Å². The van der Waals surface area contributed by atoms with Gasteiger partial charge in [-0.3, -0.25) is 14.9 Å². The van der Waals surface area contributed by atoms with E-state index in [2.05, 4.69) is 15.9 Å². The Kier molecular flexibility index (Phi) is 4.41. The highest BCUT2D eigenvalue weighted by Gasteiger charge is 2.09. The van der Waals surface area contributed by atoms with E-state index >= 15 is 0 Å². The SMILES string of the molecule is C#CCN(C)Cc1nc(C)c(CO)nc1C. The van der Waals surface area contributed by atoms with Crippen molar-refractivity contribution in [2.45, 2.75) is 27.0 Å². The Balaban J connectivity index is 2.90. The van der Waals surface area contributed by atoms with Gasteiger partial charge in [0, 0.05) is 6.54 Å². The molecule has 0 aliphatic rings. The average Bonchev–Trinajstić information content (AvgIpc) is 2.23. The minimum atomic E-state index is -0.0693. The molecule has 4 nitrogen and oxygen atoms in total. The molecule has 1 N–H and O–H groups in total. The Morgan fingerprint density at radius 2 is 1.81 bits per heavy atom. The number of aliphatic hydroxyl groups excluding tert-OH is 1. The first-order valence-corrected chi connectivity index (χ1v) is 5.14. The van der Waals surface area contributed by atoms with Gasteiger partial charge in [0.2, 0.25) is 0 Å². The minimum Gasteiger partial charge on any atom is -0.390 e. The van der Waals surface area contributed by atoms with Gasteiger partial charge in [0.1, 0.15) is 0 Å². The van der Waals surface area contributed by atoms with Gasteiger partial charge < -0.3 is 5.11 Å². The van der Waals surface area contributed by atoms with Crippen molar-refractivity contribution in [2.24, 2.45) is 0 Å². The molecule has 0 radical (unpaired) electrons. The molecule has 86 valence electrons. The fourth-order valence-corrected chi connectivity index (χ4v) is 1.46. The summed E-state index contributed by atoms with van der Waals surface area (Å²) < 4.78 is 0. The molecule has 0 aliphatic heterocycles. The molecule has 0 atom stereocenters. The van der Waals surface area contributed by atoms with Crippen molar-refractivity contribution in [3.8, 4) is 12.3 Å². The van der Waals surface area contributed by atoms with E-state index in [1.54, 1.807) is 0 Å². The Morgan fingerprint density at radius 1 is 1.25 bits per heavy atom. The fraction of sp³-hybridized carbons (Fsp3) is 0.500. The third-order valence-corrected chi connectivity index (χ3v) is 2.37. The summed E-state index contributed by atoms with van der Waals surface area (Å²) in [5.74, 6) is 2.58. The lowest BCUT2D eigenvalue weighted by atomic mass is 10.2. The lowest BCUT2D eigenvalue weighted by molar-refractivity contribution is 0.274. The molecule has 0 aromatic carbocycles. The van der Waals surface area contributed by atoms with Crippen molar-refractivity contribution in [3.63, 3.8) is 0 Å². The number of terminal acetylenes is 1. The van der Waals surface area contributed by atoms with E-state index in [0.29, 0.717) is 18.8 Å². The Morgan fingerprint density at radius 3 is 2.38 bits per heavy atom. The summed E-state index contributed by atoms with van der Waals surface area (Å²) in [6.45, 7) is 4.94. The zero-order valence-electron chi connectivity index (χ0n) is 9.99. The Labute approximate surface area is 96.3 Å². The molecule has 0 aliphatic carbocycles. The molecule has 1 rings (SSSR count). The maximum Gasteiger partial charge on any atom is 0.0873 e. The van der Waals surface area contributed by atoms with Gasteiger partial charge in [-0.15, -0.1) is 6.42 Å². The summed E-state index contributed by atoms with van der Waals surface area (Å²) in [6, 6.07) is 0. The second-order valence-electron chi connectivity index (χ2n) is 3.82. The van der Waals surface area contributed by atoms with E-state index in [1.165, 1.54) is 0 Å². The minimum absolute atomic E-state index is 0.0693. The van der Waals surface area contributed by atoms with Crippen molar-refractivity contribution in [1.29, 1.82) is 0 Å². The van der Waals surface area contributed by atoms with Crippen LogP contribution in [0.15, 0.2) is 0 Å². The van der Waals surface area contributed by atoms with Crippen molar-refractivity contribution >= 4 is 0 Å². The standard InChI is InChI=1S/C12H17N3O/c1-5-6-15(4)7-11-9(2)14-12(8-16)10(3)13-11/h1,16H,6-8H2,2-4H3. The van der Waals surface area contributed by atoms with Crippen LogP contribution in [0.4, 0.5) is 0 Å². The highest BCUT2D eigenvalue weighted by Crippen LogP contribution is 2.09. The molecular weight excluding hydrogens is 202 g/mol. The molecule has 0 saturated heterocycles. The zero-order valence-corrected chi connectivity index (χ0v) is 9.99. The number of hydrogen-bond acceptors (Lipinski definition) is 4. The maximum absolute atomic E-state index is 9.06. The van der Waals surface area contributed by atoms with Gasteiger partial charge in [0.25, 0.3) is 0 Å². The van der Waals surface area contributed by atoms with Crippen LogP contribution in [-0.4, -0.2) is 33.6 Å². The van der Waals surface area contributed by atoms with Gasteiger partial charge in [-0.1, -0.05) is 5.92 Å². The van der Waals surface area contributed by atoms with Crippen LogP contribution in [-0.2, 0) is 13.2 Å². The van der Waals surface area contributed by atoms with Crippen molar-refractivity contribution in [1.82, 2.24) is 14.9 Å². The van der Waals surface area contributed by atoms with Gasteiger partial charge in [0.05, 0.1) is 35.9 Å². The quantitative estimate of drug-likeness (QED) is 0.755. The van der Waals surface area contributed by atoms with E-state index in [1.807, 2.05) is 25.8 Å². The zero-order chi connectivity index (χ0) is 12.1. The summed E-state index contributed by atoms with van der Waals surface area (Å²) in [5.41, 5.74) is 3.17. The average molecular weight is 219 g/mol. The third-order valence-electron chi connectivity index (χ3n) is 2.37. The van der Waals surface area contributed by atoms with E-state index in [4.69, 9.17) is 11.5 Å². The molecule has 4 heteroatoms. The molecule has 1 aromatic heterocycles. The van der Waals surface area contributed by atoms with E-state index < -0.39 is 0 Å². The van der Waals surface area contributed by atoms with Gasteiger partial charge in [-0.05, 0) is 20.9 Å². The number of nitrogens with zero attached hydrogens (tertiary/aromatic N) is 3. The summed E-state index contributed by atoms with van der Waals surface area (Å²) in [7, 11) is 1.94. The second-order valence-corrected chi connectivity index (χ2v) is 3.82. The summed E-state index contributed by atoms with van der Waals surface area (Å²) in [6.07, 6.45) is 5.24. The molecule has 0 fully saturated rings.